The van der Waals surface area contributed by atoms with Crippen molar-refractivity contribution in [2.75, 3.05) is 6.61 Å². The van der Waals surface area contributed by atoms with Crippen LogP contribution in [0.3, 0.4) is 0 Å². The van der Waals surface area contributed by atoms with Crippen LogP contribution in [0.15, 0.2) is 18.2 Å². The fourth-order valence-electron chi connectivity index (χ4n) is 3.78. The SMILES string of the molecule is CC1CCCC(C(O)CCc2ccc3c(c2)CCO3)C1. The van der Waals surface area contributed by atoms with Crippen LogP contribution in [0.1, 0.15) is 50.2 Å². The van der Waals surface area contributed by atoms with Crippen molar-refractivity contribution in [1.29, 1.82) is 0 Å². The molecule has 0 spiro atoms. The first-order valence-corrected chi connectivity index (χ1v) is 8.15. The second kappa shape index (κ2) is 6.17. The summed E-state index contributed by atoms with van der Waals surface area (Å²) in [5, 5.41) is 10.4. The smallest absolute Gasteiger partial charge is 0.122 e. The molecule has 1 aromatic carbocycles. The monoisotopic (exact) mass is 274 g/mol. The van der Waals surface area contributed by atoms with E-state index in [1.807, 2.05) is 0 Å². The number of aliphatic hydroxyl groups is 1. The van der Waals surface area contributed by atoms with Crippen molar-refractivity contribution in [1.82, 2.24) is 0 Å². The molecule has 0 aromatic heterocycles. The predicted octanol–water partition coefficient (Wildman–Crippen LogP) is 3.74. The van der Waals surface area contributed by atoms with Gasteiger partial charge in [-0.05, 0) is 54.7 Å². The van der Waals surface area contributed by atoms with Crippen molar-refractivity contribution in [3.05, 3.63) is 29.3 Å². The van der Waals surface area contributed by atoms with Crippen LogP contribution in [0.5, 0.6) is 5.75 Å². The van der Waals surface area contributed by atoms with Crippen LogP contribution in [0.25, 0.3) is 0 Å². The van der Waals surface area contributed by atoms with Crippen LogP contribution in [-0.4, -0.2) is 17.8 Å². The second-order valence-electron chi connectivity index (χ2n) is 6.68. The van der Waals surface area contributed by atoms with Gasteiger partial charge in [0.1, 0.15) is 5.75 Å². The maximum absolute atomic E-state index is 10.4. The van der Waals surface area contributed by atoms with Crippen LogP contribution in [0.2, 0.25) is 0 Å². The minimum Gasteiger partial charge on any atom is -0.493 e. The number of fused-ring (bicyclic) bond motifs is 1. The van der Waals surface area contributed by atoms with Gasteiger partial charge in [0.05, 0.1) is 12.7 Å². The first-order valence-electron chi connectivity index (χ1n) is 8.15. The van der Waals surface area contributed by atoms with Gasteiger partial charge in [0, 0.05) is 6.42 Å². The maximum atomic E-state index is 10.4. The second-order valence-corrected chi connectivity index (χ2v) is 6.68. The van der Waals surface area contributed by atoms with Crippen LogP contribution < -0.4 is 4.74 Å². The molecular weight excluding hydrogens is 248 g/mol. The molecule has 1 N–H and O–H groups in total. The Labute approximate surface area is 122 Å². The van der Waals surface area contributed by atoms with Crippen molar-refractivity contribution >= 4 is 0 Å². The van der Waals surface area contributed by atoms with E-state index in [4.69, 9.17) is 4.74 Å². The minimum absolute atomic E-state index is 0.123. The van der Waals surface area contributed by atoms with Gasteiger partial charge in [-0.3, -0.25) is 0 Å². The molecule has 1 fully saturated rings. The summed E-state index contributed by atoms with van der Waals surface area (Å²) in [5.74, 6) is 2.37. The van der Waals surface area contributed by atoms with Crippen molar-refractivity contribution in [3.8, 4) is 5.75 Å². The average Bonchev–Trinajstić information content (AvgIpc) is 2.92. The highest BCUT2D eigenvalue weighted by molar-refractivity contribution is 5.39. The molecule has 0 bridgehead atoms. The Hall–Kier alpha value is -1.02. The Bertz CT molecular complexity index is 455. The average molecular weight is 274 g/mol. The largest absolute Gasteiger partial charge is 0.493 e. The lowest BCUT2D eigenvalue weighted by atomic mass is 9.78. The number of aryl methyl sites for hydroxylation is 1. The third-order valence-electron chi connectivity index (χ3n) is 5.00. The molecule has 2 heteroatoms. The van der Waals surface area contributed by atoms with E-state index < -0.39 is 0 Å². The topological polar surface area (TPSA) is 29.5 Å². The molecule has 110 valence electrons. The highest BCUT2D eigenvalue weighted by atomic mass is 16.5. The fourth-order valence-corrected chi connectivity index (χ4v) is 3.78. The molecule has 20 heavy (non-hydrogen) atoms. The Morgan fingerprint density at radius 3 is 3.10 bits per heavy atom. The highest BCUT2D eigenvalue weighted by Gasteiger charge is 2.25. The summed E-state index contributed by atoms with van der Waals surface area (Å²) in [6.07, 6.45) is 7.85. The van der Waals surface area contributed by atoms with Gasteiger partial charge in [-0.25, -0.2) is 0 Å². The van der Waals surface area contributed by atoms with Gasteiger partial charge in [-0.2, -0.15) is 0 Å². The lowest BCUT2D eigenvalue weighted by molar-refractivity contribution is 0.0651. The molecule has 3 unspecified atom stereocenters. The van der Waals surface area contributed by atoms with Crippen molar-refractivity contribution in [2.45, 2.75) is 58.0 Å². The molecule has 3 atom stereocenters. The lowest BCUT2D eigenvalue weighted by Gasteiger charge is -2.30. The molecule has 1 aliphatic heterocycles. The summed E-state index contributed by atoms with van der Waals surface area (Å²) in [7, 11) is 0. The molecule has 1 saturated carbocycles. The zero-order valence-corrected chi connectivity index (χ0v) is 12.5. The van der Waals surface area contributed by atoms with Crippen molar-refractivity contribution < 1.29 is 9.84 Å². The summed E-state index contributed by atoms with van der Waals surface area (Å²) in [5.41, 5.74) is 2.68. The summed E-state index contributed by atoms with van der Waals surface area (Å²) in [4.78, 5) is 0. The van der Waals surface area contributed by atoms with E-state index in [0.29, 0.717) is 5.92 Å². The Morgan fingerprint density at radius 1 is 1.35 bits per heavy atom. The fraction of sp³-hybridized carbons (Fsp3) is 0.667. The van der Waals surface area contributed by atoms with Gasteiger partial charge < -0.3 is 9.84 Å². The molecular formula is C18H26O2. The molecule has 0 radical (unpaired) electrons. The third-order valence-corrected chi connectivity index (χ3v) is 5.00. The van der Waals surface area contributed by atoms with Gasteiger partial charge in [0.25, 0.3) is 0 Å². The van der Waals surface area contributed by atoms with Gasteiger partial charge in [0.2, 0.25) is 0 Å². The van der Waals surface area contributed by atoms with Crippen LogP contribution in [-0.2, 0) is 12.8 Å². The van der Waals surface area contributed by atoms with Gasteiger partial charge in [0.15, 0.2) is 0 Å². The van der Waals surface area contributed by atoms with Crippen LogP contribution >= 0.6 is 0 Å². The van der Waals surface area contributed by atoms with Crippen LogP contribution in [0.4, 0.5) is 0 Å². The molecule has 0 saturated heterocycles. The Morgan fingerprint density at radius 2 is 2.25 bits per heavy atom. The summed E-state index contributed by atoms with van der Waals surface area (Å²) >= 11 is 0. The third kappa shape index (κ3) is 3.17. The number of benzene rings is 1. The van der Waals surface area contributed by atoms with E-state index in [2.05, 4.69) is 25.1 Å². The Kier molecular flexibility index (Phi) is 4.30. The van der Waals surface area contributed by atoms with Crippen molar-refractivity contribution in [2.24, 2.45) is 11.8 Å². The number of rotatable bonds is 4. The summed E-state index contributed by atoms with van der Waals surface area (Å²) in [6, 6.07) is 6.51. The maximum Gasteiger partial charge on any atom is 0.122 e. The van der Waals surface area contributed by atoms with E-state index >= 15 is 0 Å². The molecule has 1 heterocycles. The highest BCUT2D eigenvalue weighted by Crippen LogP contribution is 2.32. The number of hydrogen-bond donors (Lipinski definition) is 1. The van der Waals surface area contributed by atoms with E-state index in [-0.39, 0.29) is 6.10 Å². The molecule has 3 rings (SSSR count). The summed E-state index contributed by atoms with van der Waals surface area (Å²) < 4.78 is 5.54. The first-order chi connectivity index (χ1) is 9.72. The molecule has 2 nitrogen and oxygen atoms in total. The lowest BCUT2D eigenvalue weighted by Crippen LogP contribution is -2.26. The zero-order chi connectivity index (χ0) is 13.9. The number of ether oxygens (including phenoxy) is 1. The van der Waals surface area contributed by atoms with Crippen LogP contribution in [0, 0.1) is 11.8 Å². The number of aliphatic hydroxyl groups excluding tert-OH is 1. The number of hydrogen-bond acceptors (Lipinski definition) is 2. The van der Waals surface area contributed by atoms with Gasteiger partial charge >= 0.3 is 0 Å². The van der Waals surface area contributed by atoms with Gasteiger partial charge in [-0.15, -0.1) is 0 Å². The van der Waals surface area contributed by atoms with Gasteiger partial charge in [-0.1, -0.05) is 31.9 Å². The Balaban J connectivity index is 1.53. The minimum atomic E-state index is -0.123. The van der Waals surface area contributed by atoms with Crippen molar-refractivity contribution in [3.63, 3.8) is 0 Å². The van der Waals surface area contributed by atoms with E-state index in [1.54, 1.807) is 0 Å². The molecule has 0 amide bonds. The molecule has 2 aliphatic rings. The quantitative estimate of drug-likeness (QED) is 0.906. The normalized spacial score (nSPS) is 26.9. The van der Waals surface area contributed by atoms with E-state index in [9.17, 15) is 5.11 Å². The molecule has 1 aromatic rings. The van der Waals surface area contributed by atoms with E-state index in [1.165, 1.54) is 36.8 Å². The zero-order valence-electron chi connectivity index (χ0n) is 12.5. The standard InChI is InChI=1S/C18H26O2/c1-13-3-2-4-15(11-13)17(19)7-5-14-6-8-18-16(12-14)9-10-20-18/h6,8,12-13,15,17,19H,2-5,7,9-11H2,1H3. The first kappa shape index (κ1) is 13.9. The van der Waals surface area contributed by atoms with E-state index in [0.717, 1.165) is 37.5 Å². The molecule has 1 aliphatic carbocycles. The predicted molar refractivity (Wildman–Crippen MR) is 81.1 cm³/mol. The summed E-state index contributed by atoms with van der Waals surface area (Å²) in [6.45, 7) is 3.14.